The Bertz CT molecular complexity index is 724. The average Bonchev–Trinajstić information content (AvgIpc) is 2.74. The van der Waals surface area contributed by atoms with Crippen LogP contribution >= 0.6 is 34.4 Å². The molecule has 0 bridgehead atoms. The number of amides is 2. The van der Waals surface area contributed by atoms with Crippen molar-refractivity contribution >= 4 is 51.6 Å². The number of rotatable bonds is 5. The molecule has 1 aromatic rings. The summed E-state index contributed by atoms with van der Waals surface area (Å²) in [4.78, 5) is 25.0. The third-order valence-electron chi connectivity index (χ3n) is 2.92. The molecule has 2 amide bonds. The van der Waals surface area contributed by atoms with Gasteiger partial charge in [-0.1, -0.05) is 5.92 Å². The molecule has 0 unspecified atom stereocenters. The standard InChI is InChI=1S/C16H14INO4S/c1-4-6-22-14-11(17)7-10(8-12(14)21-5-2)9-13-15(19)18(3)16(20)23-13/h1,7-9H,5-6H2,2-3H3. The van der Waals surface area contributed by atoms with E-state index < -0.39 is 0 Å². The first-order chi connectivity index (χ1) is 11.0. The Morgan fingerprint density at radius 2 is 2.13 bits per heavy atom. The maximum Gasteiger partial charge on any atom is 0.293 e. The molecule has 2 rings (SSSR count). The molecule has 23 heavy (non-hydrogen) atoms. The van der Waals surface area contributed by atoms with Gasteiger partial charge in [0.2, 0.25) is 0 Å². The van der Waals surface area contributed by atoms with Crippen molar-refractivity contribution in [1.82, 2.24) is 4.90 Å². The number of halogens is 1. The highest BCUT2D eigenvalue weighted by Crippen LogP contribution is 2.37. The first-order valence-corrected chi connectivity index (χ1v) is 8.61. The van der Waals surface area contributed by atoms with Crippen molar-refractivity contribution in [2.45, 2.75) is 6.92 Å². The van der Waals surface area contributed by atoms with E-state index in [0.717, 1.165) is 25.8 Å². The molecule has 1 aromatic carbocycles. The minimum Gasteiger partial charge on any atom is -0.490 e. The Morgan fingerprint density at radius 3 is 2.70 bits per heavy atom. The minimum atomic E-state index is -0.305. The number of imide groups is 1. The van der Waals surface area contributed by atoms with Gasteiger partial charge in [-0.05, 0) is 65.0 Å². The summed E-state index contributed by atoms with van der Waals surface area (Å²) in [6, 6.07) is 3.61. The van der Waals surface area contributed by atoms with Crippen molar-refractivity contribution in [2.75, 3.05) is 20.3 Å². The van der Waals surface area contributed by atoms with Gasteiger partial charge in [-0.2, -0.15) is 0 Å². The van der Waals surface area contributed by atoms with Crippen LogP contribution in [0.3, 0.4) is 0 Å². The van der Waals surface area contributed by atoms with Crippen LogP contribution in [-0.2, 0) is 4.79 Å². The predicted octanol–water partition coefficient (Wildman–Crippen LogP) is 3.37. The summed E-state index contributed by atoms with van der Waals surface area (Å²) in [7, 11) is 1.46. The number of carbonyl (C=O) groups is 2. The lowest BCUT2D eigenvalue weighted by Crippen LogP contribution is -2.22. The maximum absolute atomic E-state index is 12.0. The van der Waals surface area contributed by atoms with Crippen LogP contribution in [0.15, 0.2) is 17.0 Å². The van der Waals surface area contributed by atoms with Crippen molar-refractivity contribution in [3.05, 3.63) is 26.2 Å². The third-order valence-corrected chi connectivity index (χ3v) is 4.68. The molecule has 0 aromatic heterocycles. The first kappa shape index (κ1) is 17.7. The predicted molar refractivity (Wildman–Crippen MR) is 98.4 cm³/mol. The number of benzene rings is 1. The Hall–Kier alpha value is -1.66. The molecule has 0 spiro atoms. The van der Waals surface area contributed by atoms with Gasteiger partial charge in [-0.3, -0.25) is 14.5 Å². The summed E-state index contributed by atoms with van der Waals surface area (Å²) in [5, 5.41) is -0.282. The molecule has 1 saturated heterocycles. The van der Waals surface area contributed by atoms with E-state index in [1.165, 1.54) is 7.05 Å². The van der Waals surface area contributed by atoms with Crippen LogP contribution in [0.25, 0.3) is 6.08 Å². The number of likely N-dealkylation sites (N-methyl/N-ethyl adjacent to an activating group) is 1. The van der Waals surface area contributed by atoms with Crippen LogP contribution in [0.2, 0.25) is 0 Å². The van der Waals surface area contributed by atoms with Crippen molar-refractivity contribution < 1.29 is 19.1 Å². The molecule has 0 saturated carbocycles. The summed E-state index contributed by atoms with van der Waals surface area (Å²) < 4.78 is 11.9. The van der Waals surface area contributed by atoms with Gasteiger partial charge in [0.1, 0.15) is 6.61 Å². The van der Waals surface area contributed by atoms with Crippen LogP contribution < -0.4 is 9.47 Å². The highest BCUT2D eigenvalue weighted by molar-refractivity contribution is 14.1. The lowest BCUT2D eigenvalue weighted by Gasteiger charge is -2.13. The lowest BCUT2D eigenvalue weighted by atomic mass is 10.2. The van der Waals surface area contributed by atoms with Crippen LogP contribution in [0.1, 0.15) is 12.5 Å². The summed E-state index contributed by atoms with van der Waals surface area (Å²) in [5.74, 6) is 3.24. The largest absolute Gasteiger partial charge is 0.490 e. The number of hydrogen-bond donors (Lipinski definition) is 0. The van der Waals surface area contributed by atoms with Gasteiger partial charge in [0.15, 0.2) is 11.5 Å². The topological polar surface area (TPSA) is 55.8 Å². The van der Waals surface area contributed by atoms with Crippen LogP contribution in [0.5, 0.6) is 11.5 Å². The molecule has 1 aliphatic rings. The van der Waals surface area contributed by atoms with E-state index in [1.807, 2.05) is 13.0 Å². The van der Waals surface area contributed by atoms with Crippen molar-refractivity contribution in [3.8, 4) is 23.8 Å². The molecule has 1 aliphatic heterocycles. The van der Waals surface area contributed by atoms with E-state index in [0.29, 0.717) is 23.0 Å². The fraction of sp³-hybridized carbons (Fsp3) is 0.250. The van der Waals surface area contributed by atoms with Gasteiger partial charge in [-0.25, -0.2) is 0 Å². The average molecular weight is 443 g/mol. The van der Waals surface area contributed by atoms with Gasteiger partial charge in [0.25, 0.3) is 11.1 Å². The zero-order valence-corrected chi connectivity index (χ0v) is 15.6. The van der Waals surface area contributed by atoms with Gasteiger partial charge >= 0.3 is 0 Å². The number of thioether (sulfide) groups is 1. The molecular weight excluding hydrogens is 429 g/mol. The second kappa shape index (κ2) is 7.75. The van der Waals surface area contributed by atoms with E-state index in [-0.39, 0.29) is 17.8 Å². The summed E-state index contributed by atoms with van der Waals surface area (Å²) >= 11 is 3.04. The van der Waals surface area contributed by atoms with Crippen LogP contribution in [0.4, 0.5) is 4.79 Å². The minimum absolute atomic E-state index is 0.143. The summed E-state index contributed by atoms with van der Waals surface area (Å²) in [5.41, 5.74) is 0.754. The number of hydrogen-bond acceptors (Lipinski definition) is 5. The van der Waals surface area contributed by atoms with E-state index in [2.05, 4.69) is 28.5 Å². The fourth-order valence-electron chi connectivity index (χ4n) is 1.89. The number of terminal acetylenes is 1. The molecule has 0 radical (unpaired) electrons. The van der Waals surface area contributed by atoms with Crippen molar-refractivity contribution in [2.24, 2.45) is 0 Å². The third kappa shape index (κ3) is 4.00. The Kier molecular flexibility index (Phi) is 5.96. The summed E-state index contributed by atoms with van der Waals surface area (Å²) in [6.07, 6.45) is 6.90. The van der Waals surface area contributed by atoms with E-state index >= 15 is 0 Å². The van der Waals surface area contributed by atoms with Gasteiger partial charge < -0.3 is 9.47 Å². The number of ether oxygens (including phenoxy) is 2. The molecule has 5 nitrogen and oxygen atoms in total. The zero-order valence-electron chi connectivity index (χ0n) is 12.6. The van der Waals surface area contributed by atoms with Crippen LogP contribution in [-0.4, -0.2) is 36.3 Å². The van der Waals surface area contributed by atoms with E-state index in [1.54, 1.807) is 12.1 Å². The van der Waals surface area contributed by atoms with Crippen LogP contribution in [0, 0.1) is 15.9 Å². The molecule has 7 heteroatoms. The van der Waals surface area contributed by atoms with E-state index in [9.17, 15) is 9.59 Å². The lowest BCUT2D eigenvalue weighted by molar-refractivity contribution is -0.121. The maximum atomic E-state index is 12.0. The van der Waals surface area contributed by atoms with Gasteiger partial charge in [0, 0.05) is 7.05 Å². The normalized spacial score (nSPS) is 15.9. The molecule has 0 aliphatic carbocycles. The first-order valence-electron chi connectivity index (χ1n) is 6.72. The van der Waals surface area contributed by atoms with Crippen molar-refractivity contribution in [3.63, 3.8) is 0 Å². The Morgan fingerprint density at radius 1 is 1.39 bits per heavy atom. The summed E-state index contributed by atoms with van der Waals surface area (Å²) in [6.45, 7) is 2.48. The Labute approximate surface area is 152 Å². The second-order valence-electron chi connectivity index (χ2n) is 4.50. The monoisotopic (exact) mass is 443 g/mol. The Balaban J connectivity index is 2.39. The molecule has 1 heterocycles. The molecule has 0 atom stereocenters. The molecule has 1 fully saturated rings. The smallest absolute Gasteiger partial charge is 0.293 e. The SMILES string of the molecule is C#CCOc1c(I)cc(C=C2SC(=O)N(C)C2=O)cc1OCC. The quantitative estimate of drug-likeness (QED) is 0.397. The zero-order chi connectivity index (χ0) is 17.0. The highest BCUT2D eigenvalue weighted by atomic mass is 127. The highest BCUT2D eigenvalue weighted by Gasteiger charge is 2.31. The molecular formula is C16H14INO4S. The fourth-order valence-corrected chi connectivity index (χ4v) is 3.49. The molecule has 120 valence electrons. The van der Waals surface area contributed by atoms with Crippen molar-refractivity contribution in [1.29, 1.82) is 0 Å². The van der Waals surface area contributed by atoms with E-state index in [4.69, 9.17) is 15.9 Å². The van der Waals surface area contributed by atoms with Gasteiger partial charge in [-0.15, -0.1) is 6.42 Å². The number of carbonyl (C=O) groups excluding carboxylic acids is 2. The van der Waals surface area contributed by atoms with Gasteiger partial charge in [0.05, 0.1) is 15.1 Å². The number of nitrogens with zero attached hydrogens (tertiary/aromatic N) is 1. The second-order valence-corrected chi connectivity index (χ2v) is 6.65. The molecule has 0 N–H and O–H groups in total.